The van der Waals surface area contributed by atoms with Gasteiger partial charge in [0.05, 0.1) is 7.11 Å². The molecule has 108 valence electrons. The highest BCUT2D eigenvalue weighted by molar-refractivity contribution is 5.28. The van der Waals surface area contributed by atoms with Crippen LogP contribution in [0.4, 0.5) is 0 Å². The van der Waals surface area contributed by atoms with E-state index in [0.29, 0.717) is 6.04 Å². The quantitative estimate of drug-likeness (QED) is 0.726. The molecule has 0 saturated carbocycles. The van der Waals surface area contributed by atoms with Crippen LogP contribution in [0.25, 0.3) is 0 Å². The highest BCUT2D eigenvalue weighted by Crippen LogP contribution is 2.16. The van der Waals surface area contributed by atoms with Crippen LogP contribution >= 0.6 is 0 Å². The van der Waals surface area contributed by atoms with Crippen molar-refractivity contribution in [1.82, 2.24) is 5.32 Å². The minimum absolute atomic E-state index is 0.579. The van der Waals surface area contributed by atoms with Crippen LogP contribution in [0, 0.1) is 5.92 Å². The van der Waals surface area contributed by atoms with Crippen LogP contribution < -0.4 is 10.1 Å². The maximum absolute atomic E-state index is 5.29. The summed E-state index contributed by atoms with van der Waals surface area (Å²) in [4.78, 5) is 0. The van der Waals surface area contributed by atoms with Crippen molar-refractivity contribution in [2.24, 2.45) is 5.92 Å². The van der Waals surface area contributed by atoms with Crippen LogP contribution in [-0.4, -0.2) is 19.7 Å². The zero-order chi connectivity index (χ0) is 14.1. The average Bonchev–Trinajstić information content (AvgIpc) is 2.38. The highest BCUT2D eigenvalue weighted by atomic mass is 16.5. The molecule has 1 N–H and O–H groups in total. The number of nitrogens with one attached hydrogen (secondary N) is 1. The first-order valence-corrected chi connectivity index (χ1v) is 7.52. The van der Waals surface area contributed by atoms with E-state index >= 15 is 0 Å². The van der Waals surface area contributed by atoms with Crippen molar-refractivity contribution in [3.63, 3.8) is 0 Å². The molecule has 0 aliphatic heterocycles. The molecule has 2 nitrogen and oxygen atoms in total. The van der Waals surface area contributed by atoms with E-state index < -0.39 is 0 Å². The molecule has 0 saturated heterocycles. The van der Waals surface area contributed by atoms with E-state index in [4.69, 9.17) is 4.74 Å². The Kier molecular flexibility index (Phi) is 7.57. The van der Waals surface area contributed by atoms with Gasteiger partial charge in [0.15, 0.2) is 0 Å². The molecule has 1 aromatic carbocycles. The summed E-state index contributed by atoms with van der Waals surface area (Å²) in [6.45, 7) is 7.81. The summed E-state index contributed by atoms with van der Waals surface area (Å²) in [7, 11) is 1.73. The number of methoxy groups -OCH3 is 1. The van der Waals surface area contributed by atoms with Gasteiger partial charge < -0.3 is 10.1 Å². The van der Waals surface area contributed by atoms with Gasteiger partial charge in [-0.2, -0.15) is 0 Å². The van der Waals surface area contributed by atoms with Crippen LogP contribution in [-0.2, 0) is 6.42 Å². The van der Waals surface area contributed by atoms with Crippen LogP contribution in [0.2, 0.25) is 0 Å². The first-order valence-electron chi connectivity index (χ1n) is 7.52. The number of hydrogen-bond donors (Lipinski definition) is 1. The van der Waals surface area contributed by atoms with Gasteiger partial charge in [-0.1, -0.05) is 45.7 Å². The molecule has 0 aromatic heterocycles. The second kappa shape index (κ2) is 8.98. The topological polar surface area (TPSA) is 21.3 Å². The van der Waals surface area contributed by atoms with Gasteiger partial charge in [0, 0.05) is 6.04 Å². The summed E-state index contributed by atoms with van der Waals surface area (Å²) in [5, 5.41) is 3.60. The summed E-state index contributed by atoms with van der Waals surface area (Å²) in [6, 6.07) is 8.99. The van der Waals surface area contributed by atoms with Crippen LogP contribution in [0.1, 0.15) is 45.6 Å². The molecule has 1 aromatic rings. The fraction of sp³-hybridized carbons (Fsp3) is 0.647. The van der Waals surface area contributed by atoms with Crippen molar-refractivity contribution < 1.29 is 4.74 Å². The summed E-state index contributed by atoms with van der Waals surface area (Å²) in [5.74, 6) is 1.76. The molecule has 1 rings (SSSR count). The summed E-state index contributed by atoms with van der Waals surface area (Å²) in [5.41, 5.74) is 1.36. The van der Waals surface area contributed by atoms with E-state index in [1.807, 2.05) is 6.07 Å². The Morgan fingerprint density at radius 3 is 2.63 bits per heavy atom. The first-order chi connectivity index (χ1) is 9.15. The molecule has 1 atom stereocenters. The molecule has 0 bridgehead atoms. The molecule has 0 aliphatic carbocycles. The summed E-state index contributed by atoms with van der Waals surface area (Å²) < 4.78 is 5.29. The monoisotopic (exact) mass is 263 g/mol. The van der Waals surface area contributed by atoms with Crippen molar-refractivity contribution in [3.05, 3.63) is 29.8 Å². The predicted octanol–water partition coefficient (Wildman–Crippen LogP) is 4.04. The first kappa shape index (κ1) is 16.0. The van der Waals surface area contributed by atoms with E-state index in [2.05, 4.69) is 44.3 Å². The van der Waals surface area contributed by atoms with Gasteiger partial charge in [0.2, 0.25) is 0 Å². The van der Waals surface area contributed by atoms with Crippen molar-refractivity contribution in [3.8, 4) is 5.75 Å². The van der Waals surface area contributed by atoms with Gasteiger partial charge in [-0.15, -0.1) is 0 Å². The maximum atomic E-state index is 5.29. The van der Waals surface area contributed by atoms with Crippen molar-refractivity contribution in [2.75, 3.05) is 13.7 Å². The number of benzene rings is 1. The molecule has 1 unspecified atom stereocenters. The number of likely N-dealkylation sites (N-methyl/N-ethyl adjacent to an activating group) is 1. The van der Waals surface area contributed by atoms with E-state index in [9.17, 15) is 0 Å². The van der Waals surface area contributed by atoms with Crippen LogP contribution in [0.5, 0.6) is 5.75 Å². The Morgan fingerprint density at radius 1 is 1.21 bits per heavy atom. The zero-order valence-electron chi connectivity index (χ0n) is 12.9. The normalized spacial score (nSPS) is 12.7. The average molecular weight is 263 g/mol. The lowest BCUT2D eigenvalue weighted by Crippen LogP contribution is -2.31. The fourth-order valence-corrected chi connectivity index (χ4v) is 2.42. The maximum Gasteiger partial charge on any atom is 0.119 e. The summed E-state index contributed by atoms with van der Waals surface area (Å²) in [6.07, 6.45) is 4.96. The number of rotatable bonds is 9. The van der Waals surface area contributed by atoms with Crippen LogP contribution in [0.15, 0.2) is 24.3 Å². The molecular formula is C17H29NO. The lowest BCUT2D eigenvalue weighted by Gasteiger charge is -2.19. The Morgan fingerprint density at radius 2 is 2.00 bits per heavy atom. The molecule has 0 radical (unpaired) electrons. The van der Waals surface area contributed by atoms with E-state index in [-0.39, 0.29) is 0 Å². The number of ether oxygens (including phenoxy) is 1. The lowest BCUT2D eigenvalue weighted by molar-refractivity contribution is 0.412. The molecule has 0 amide bonds. The lowest BCUT2D eigenvalue weighted by atomic mass is 9.98. The summed E-state index contributed by atoms with van der Waals surface area (Å²) >= 11 is 0. The number of hydrogen-bond acceptors (Lipinski definition) is 2. The van der Waals surface area contributed by atoms with Crippen molar-refractivity contribution in [2.45, 2.75) is 52.5 Å². The minimum Gasteiger partial charge on any atom is -0.497 e. The highest BCUT2D eigenvalue weighted by Gasteiger charge is 2.09. The molecular weight excluding hydrogens is 234 g/mol. The van der Waals surface area contributed by atoms with E-state index in [1.54, 1.807) is 7.11 Å². The van der Waals surface area contributed by atoms with Gasteiger partial charge in [0.25, 0.3) is 0 Å². The van der Waals surface area contributed by atoms with Gasteiger partial charge >= 0.3 is 0 Å². The second-order valence-corrected chi connectivity index (χ2v) is 5.64. The van der Waals surface area contributed by atoms with Gasteiger partial charge in [0.1, 0.15) is 5.75 Å². The van der Waals surface area contributed by atoms with E-state index in [1.165, 1.54) is 24.8 Å². The van der Waals surface area contributed by atoms with Gasteiger partial charge in [-0.25, -0.2) is 0 Å². The Hall–Kier alpha value is -1.02. The van der Waals surface area contributed by atoms with Crippen LogP contribution in [0.3, 0.4) is 0 Å². The molecule has 0 aliphatic rings. The molecule has 0 heterocycles. The van der Waals surface area contributed by atoms with E-state index in [0.717, 1.165) is 24.6 Å². The van der Waals surface area contributed by atoms with Gasteiger partial charge in [-0.3, -0.25) is 0 Å². The molecule has 2 heteroatoms. The SMILES string of the molecule is CCNC(CCCC(C)C)Cc1cccc(OC)c1. The standard InChI is InChI=1S/C17H29NO/c1-5-18-16(10-6-8-14(2)3)12-15-9-7-11-17(13-15)19-4/h7,9,11,13-14,16,18H,5-6,8,10,12H2,1-4H3. The third-order valence-corrected chi connectivity index (χ3v) is 3.44. The third kappa shape index (κ3) is 6.63. The molecule has 0 fully saturated rings. The fourth-order valence-electron chi connectivity index (χ4n) is 2.42. The van der Waals surface area contributed by atoms with Crippen molar-refractivity contribution >= 4 is 0 Å². The Labute approximate surface area is 118 Å². The molecule has 19 heavy (non-hydrogen) atoms. The molecule has 0 spiro atoms. The van der Waals surface area contributed by atoms with Gasteiger partial charge in [-0.05, 0) is 43.0 Å². The van der Waals surface area contributed by atoms with Crippen molar-refractivity contribution in [1.29, 1.82) is 0 Å². The third-order valence-electron chi connectivity index (χ3n) is 3.44. The largest absolute Gasteiger partial charge is 0.497 e. The minimum atomic E-state index is 0.579. The predicted molar refractivity (Wildman–Crippen MR) is 82.9 cm³/mol. The zero-order valence-corrected chi connectivity index (χ0v) is 12.9. The second-order valence-electron chi connectivity index (χ2n) is 5.64. The Bertz CT molecular complexity index is 349. The Balaban J connectivity index is 2.51. The smallest absolute Gasteiger partial charge is 0.119 e.